The minimum Gasteiger partial charge on any atom is -0.346 e. The van der Waals surface area contributed by atoms with Crippen LogP contribution in [0.25, 0.3) is 5.13 Å². The van der Waals surface area contributed by atoms with Gasteiger partial charge < -0.3 is 10.2 Å². The summed E-state index contributed by atoms with van der Waals surface area (Å²) in [4.78, 5) is 14.6. The second-order valence-electron chi connectivity index (χ2n) is 6.36. The molecule has 2 aromatic heterocycles. The number of carbonyl (C=O) groups excluding carboxylic acids is 1. The summed E-state index contributed by atoms with van der Waals surface area (Å²) in [6, 6.07) is 6.83. The van der Waals surface area contributed by atoms with Gasteiger partial charge in [0.15, 0.2) is 0 Å². The smallest absolute Gasteiger partial charge is 0.229 e. The molecule has 27 heavy (non-hydrogen) atoms. The van der Waals surface area contributed by atoms with Crippen molar-refractivity contribution in [1.82, 2.24) is 14.8 Å². The van der Waals surface area contributed by atoms with Crippen molar-refractivity contribution in [2.75, 3.05) is 23.3 Å². The summed E-state index contributed by atoms with van der Waals surface area (Å²) < 4.78 is 28.9. The molecule has 1 aliphatic heterocycles. The van der Waals surface area contributed by atoms with Gasteiger partial charge in [0.1, 0.15) is 11.6 Å². The topological polar surface area (TPSA) is 63.1 Å². The van der Waals surface area contributed by atoms with Gasteiger partial charge >= 0.3 is 0 Å². The third kappa shape index (κ3) is 3.82. The summed E-state index contributed by atoms with van der Waals surface area (Å²) >= 11 is 1.44. The van der Waals surface area contributed by atoms with E-state index in [1.165, 1.54) is 11.3 Å². The number of nitrogens with one attached hydrogen (secondary N) is 1. The Labute approximate surface area is 158 Å². The maximum atomic E-state index is 13.8. The van der Waals surface area contributed by atoms with E-state index in [0.717, 1.165) is 41.4 Å². The number of halogens is 2. The number of aromatic nitrogens is 3. The molecule has 140 valence electrons. The van der Waals surface area contributed by atoms with E-state index in [2.05, 4.69) is 15.5 Å². The Morgan fingerprint density at radius 3 is 2.78 bits per heavy atom. The average molecular weight is 389 g/mol. The number of anilines is 2. The third-order valence-corrected chi connectivity index (χ3v) is 5.48. The molecular formula is C18H17F2N5OS. The molecule has 1 unspecified atom stereocenters. The van der Waals surface area contributed by atoms with Crippen LogP contribution in [-0.2, 0) is 4.79 Å². The Bertz CT molecular complexity index is 943. The average Bonchev–Trinajstić information content (AvgIpc) is 3.36. The summed E-state index contributed by atoms with van der Waals surface area (Å²) in [6.45, 7) is 1.24. The highest BCUT2D eigenvalue weighted by Crippen LogP contribution is 2.28. The SMILES string of the molecule is O=C(Nc1cc(F)ccc1F)C1CCCN(c2nnc(-n3cccc3)s2)C1. The molecule has 3 aromatic rings. The summed E-state index contributed by atoms with van der Waals surface area (Å²) in [7, 11) is 0. The zero-order valence-corrected chi connectivity index (χ0v) is 15.1. The minimum absolute atomic E-state index is 0.136. The summed E-state index contributed by atoms with van der Waals surface area (Å²) in [5, 5.41) is 12.4. The van der Waals surface area contributed by atoms with Gasteiger partial charge in [0.2, 0.25) is 16.2 Å². The monoisotopic (exact) mass is 389 g/mol. The Hall–Kier alpha value is -2.81. The molecule has 1 saturated heterocycles. The highest BCUT2D eigenvalue weighted by molar-refractivity contribution is 7.17. The fourth-order valence-electron chi connectivity index (χ4n) is 3.10. The summed E-state index contributed by atoms with van der Waals surface area (Å²) in [5.74, 6) is -1.90. The molecule has 1 N–H and O–H groups in total. The van der Waals surface area contributed by atoms with Crippen molar-refractivity contribution in [3.63, 3.8) is 0 Å². The molecule has 3 heterocycles. The van der Waals surface area contributed by atoms with Crippen molar-refractivity contribution in [1.29, 1.82) is 0 Å². The largest absolute Gasteiger partial charge is 0.346 e. The Morgan fingerprint density at radius 1 is 1.19 bits per heavy atom. The lowest BCUT2D eigenvalue weighted by molar-refractivity contribution is -0.120. The number of hydrogen-bond donors (Lipinski definition) is 1. The quantitative estimate of drug-likeness (QED) is 0.742. The molecule has 1 amide bonds. The first-order valence-corrected chi connectivity index (χ1v) is 9.39. The zero-order chi connectivity index (χ0) is 18.8. The first-order valence-electron chi connectivity index (χ1n) is 8.58. The number of nitrogens with zero attached hydrogens (tertiary/aromatic N) is 4. The van der Waals surface area contributed by atoms with Gasteiger partial charge in [-0.15, -0.1) is 10.2 Å². The van der Waals surface area contributed by atoms with Gasteiger partial charge in [0.05, 0.1) is 11.6 Å². The lowest BCUT2D eigenvalue weighted by Gasteiger charge is -2.31. The predicted molar refractivity (Wildman–Crippen MR) is 99.2 cm³/mol. The molecule has 1 fully saturated rings. The Kier molecular flexibility index (Phi) is 4.85. The van der Waals surface area contributed by atoms with Crippen molar-refractivity contribution in [2.24, 2.45) is 5.92 Å². The van der Waals surface area contributed by atoms with Crippen molar-refractivity contribution in [2.45, 2.75) is 12.8 Å². The van der Waals surface area contributed by atoms with Gasteiger partial charge in [-0.2, -0.15) is 0 Å². The van der Waals surface area contributed by atoms with Crippen molar-refractivity contribution in [3.8, 4) is 5.13 Å². The van der Waals surface area contributed by atoms with E-state index in [4.69, 9.17) is 0 Å². The van der Waals surface area contributed by atoms with Gasteiger partial charge in [0.25, 0.3) is 0 Å². The summed E-state index contributed by atoms with van der Waals surface area (Å²) in [6.07, 6.45) is 5.28. The molecule has 1 atom stereocenters. The molecule has 0 radical (unpaired) electrons. The molecule has 6 nitrogen and oxygen atoms in total. The van der Waals surface area contributed by atoms with E-state index in [1.54, 1.807) is 0 Å². The molecule has 4 rings (SSSR count). The van der Waals surface area contributed by atoms with E-state index in [0.29, 0.717) is 13.0 Å². The van der Waals surface area contributed by atoms with Crippen molar-refractivity contribution < 1.29 is 13.6 Å². The first kappa shape index (κ1) is 17.6. The van der Waals surface area contributed by atoms with Gasteiger partial charge in [0, 0.05) is 31.5 Å². The number of hydrogen-bond acceptors (Lipinski definition) is 5. The maximum Gasteiger partial charge on any atom is 0.229 e. The molecule has 0 spiro atoms. The fraction of sp³-hybridized carbons (Fsp3) is 0.278. The van der Waals surface area contributed by atoms with Crippen LogP contribution in [0.4, 0.5) is 19.6 Å². The first-order chi connectivity index (χ1) is 13.1. The van der Waals surface area contributed by atoms with Crippen LogP contribution in [0.1, 0.15) is 12.8 Å². The second kappa shape index (κ2) is 7.43. The molecular weight excluding hydrogens is 372 g/mol. The van der Waals surface area contributed by atoms with Gasteiger partial charge in [-0.3, -0.25) is 9.36 Å². The van der Waals surface area contributed by atoms with Crippen LogP contribution in [0.15, 0.2) is 42.7 Å². The summed E-state index contributed by atoms with van der Waals surface area (Å²) in [5.41, 5.74) is -0.136. The predicted octanol–water partition coefficient (Wildman–Crippen LogP) is 3.46. The molecule has 0 bridgehead atoms. The van der Waals surface area contributed by atoms with Crippen LogP contribution in [-0.4, -0.2) is 33.8 Å². The Morgan fingerprint density at radius 2 is 1.96 bits per heavy atom. The number of rotatable bonds is 4. The second-order valence-corrected chi connectivity index (χ2v) is 7.29. The number of carbonyl (C=O) groups is 1. The van der Waals surface area contributed by atoms with Crippen LogP contribution in [0.2, 0.25) is 0 Å². The maximum absolute atomic E-state index is 13.8. The minimum atomic E-state index is -0.655. The highest BCUT2D eigenvalue weighted by Gasteiger charge is 2.28. The van der Waals surface area contributed by atoms with E-state index < -0.39 is 11.6 Å². The van der Waals surface area contributed by atoms with E-state index >= 15 is 0 Å². The molecule has 0 saturated carbocycles. The van der Waals surface area contributed by atoms with Crippen LogP contribution in [0, 0.1) is 17.6 Å². The van der Waals surface area contributed by atoms with Crippen LogP contribution < -0.4 is 10.2 Å². The molecule has 1 aliphatic rings. The van der Waals surface area contributed by atoms with Crippen molar-refractivity contribution in [3.05, 3.63) is 54.4 Å². The third-order valence-electron chi connectivity index (χ3n) is 4.48. The lowest BCUT2D eigenvalue weighted by Crippen LogP contribution is -2.40. The van der Waals surface area contributed by atoms with E-state index in [9.17, 15) is 13.6 Å². The number of amides is 1. The van der Waals surface area contributed by atoms with Crippen LogP contribution >= 0.6 is 11.3 Å². The molecule has 1 aromatic carbocycles. The molecule has 9 heteroatoms. The fourth-order valence-corrected chi connectivity index (χ4v) is 3.94. The molecule has 0 aliphatic carbocycles. The van der Waals surface area contributed by atoms with Gasteiger partial charge in [-0.1, -0.05) is 11.3 Å². The Balaban J connectivity index is 1.45. The normalized spacial score (nSPS) is 17.1. The van der Waals surface area contributed by atoms with Gasteiger partial charge in [-0.25, -0.2) is 8.78 Å². The van der Waals surface area contributed by atoms with Crippen molar-refractivity contribution >= 4 is 28.1 Å². The highest BCUT2D eigenvalue weighted by atomic mass is 32.1. The van der Waals surface area contributed by atoms with Gasteiger partial charge in [-0.05, 0) is 37.1 Å². The number of piperidine rings is 1. The lowest BCUT2D eigenvalue weighted by atomic mass is 9.97. The number of benzene rings is 1. The van der Waals surface area contributed by atoms with E-state index in [1.807, 2.05) is 34.0 Å². The van der Waals surface area contributed by atoms with E-state index in [-0.39, 0.29) is 17.5 Å². The standard InChI is InChI=1S/C18H17F2N5OS/c19-13-5-6-14(20)15(10-13)21-16(26)12-4-3-9-25(11-12)18-23-22-17(27-18)24-7-1-2-8-24/h1-2,5-8,10,12H,3-4,9,11H2,(H,21,26). The zero-order valence-electron chi connectivity index (χ0n) is 14.3. The van der Waals surface area contributed by atoms with Crippen LogP contribution in [0.3, 0.4) is 0 Å². The van der Waals surface area contributed by atoms with Crippen LogP contribution in [0.5, 0.6) is 0 Å².